The quantitative estimate of drug-likeness (QED) is 0.787. The number of methoxy groups -OCH3 is 1. The van der Waals surface area contributed by atoms with Crippen molar-refractivity contribution in [2.24, 2.45) is 0 Å². The minimum Gasteiger partial charge on any atom is -0.392 e. The normalized spacial score (nSPS) is 13.7. The van der Waals surface area contributed by atoms with Crippen molar-refractivity contribution in [2.45, 2.75) is 32.2 Å². The van der Waals surface area contributed by atoms with Crippen LogP contribution in [0.1, 0.15) is 25.0 Å². The Balaban J connectivity index is 2.85. The maximum absolute atomic E-state index is 12.4. The average Bonchev–Trinajstić information content (AvgIpc) is 2.39. The van der Waals surface area contributed by atoms with E-state index in [1.807, 2.05) is 13.8 Å². The molecule has 0 amide bonds. The topological polar surface area (TPSA) is 66.8 Å². The molecular weight excluding hydrogens is 278 g/mol. The van der Waals surface area contributed by atoms with Gasteiger partial charge in [0.2, 0.25) is 10.0 Å². The second kappa shape index (κ2) is 7.73. The number of rotatable bonds is 8. The van der Waals surface area contributed by atoms with Crippen LogP contribution in [0, 0.1) is 0 Å². The average molecular weight is 301 g/mol. The Hall–Kier alpha value is -0.950. The van der Waals surface area contributed by atoms with E-state index in [1.165, 1.54) is 4.31 Å². The van der Waals surface area contributed by atoms with E-state index in [1.54, 1.807) is 31.4 Å². The predicted octanol–water partition coefficient (Wildman–Crippen LogP) is 1.37. The SMILES string of the molecule is CCN(C(C)COC)S(=O)(=O)Cc1ccc(CO)cc1. The molecule has 6 heteroatoms. The first-order valence-corrected chi connectivity index (χ1v) is 8.22. The summed E-state index contributed by atoms with van der Waals surface area (Å²) in [5, 5.41) is 8.98. The standard InChI is InChI=1S/C14H23NO4S/c1-4-15(12(2)10-19-3)20(17,18)11-14-7-5-13(9-16)6-8-14/h5-8,12,16H,4,9-11H2,1-3H3. The molecule has 0 heterocycles. The molecular formula is C14H23NO4S. The van der Waals surface area contributed by atoms with Gasteiger partial charge in [0.1, 0.15) is 0 Å². The zero-order chi connectivity index (χ0) is 15.2. The highest BCUT2D eigenvalue weighted by atomic mass is 32.2. The first-order chi connectivity index (χ1) is 9.44. The van der Waals surface area contributed by atoms with Gasteiger partial charge in [0.25, 0.3) is 0 Å². The zero-order valence-corrected chi connectivity index (χ0v) is 13.1. The summed E-state index contributed by atoms with van der Waals surface area (Å²) in [5.74, 6) is -0.0411. The molecule has 0 aliphatic heterocycles. The van der Waals surface area contributed by atoms with Gasteiger partial charge in [-0.3, -0.25) is 0 Å². The highest BCUT2D eigenvalue weighted by molar-refractivity contribution is 7.88. The van der Waals surface area contributed by atoms with Gasteiger partial charge in [-0.15, -0.1) is 0 Å². The van der Waals surface area contributed by atoms with Gasteiger partial charge in [-0.1, -0.05) is 31.2 Å². The summed E-state index contributed by atoms with van der Waals surface area (Å²) in [5.41, 5.74) is 1.48. The van der Waals surface area contributed by atoms with Crippen molar-refractivity contribution >= 4 is 10.0 Å². The van der Waals surface area contributed by atoms with E-state index in [9.17, 15) is 8.42 Å². The lowest BCUT2D eigenvalue weighted by Gasteiger charge is -2.26. The minimum absolute atomic E-state index is 0.0411. The van der Waals surface area contributed by atoms with Crippen molar-refractivity contribution in [3.8, 4) is 0 Å². The van der Waals surface area contributed by atoms with Gasteiger partial charge in [-0.25, -0.2) is 8.42 Å². The molecule has 0 aromatic heterocycles. The third kappa shape index (κ3) is 4.56. The Kier molecular flexibility index (Phi) is 6.61. The Labute approximate surface area is 121 Å². The fraction of sp³-hybridized carbons (Fsp3) is 0.571. The van der Waals surface area contributed by atoms with E-state index < -0.39 is 10.0 Å². The molecule has 114 valence electrons. The molecule has 0 aliphatic rings. The Morgan fingerprint density at radius 1 is 1.25 bits per heavy atom. The Bertz CT molecular complexity index is 498. The van der Waals surface area contributed by atoms with E-state index >= 15 is 0 Å². The number of benzene rings is 1. The lowest BCUT2D eigenvalue weighted by atomic mass is 10.2. The number of ether oxygens (including phenoxy) is 1. The zero-order valence-electron chi connectivity index (χ0n) is 12.2. The predicted molar refractivity (Wildman–Crippen MR) is 78.7 cm³/mol. The molecule has 1 atom stereocenters. The molecule has 20 heavy (non-hydrogen) atoms. The van der Waals surface area contributed by atoms with Crippen LogP contribution in [0.2, 0.25) is 0 Å². The molecule has 1 rings (SSSR count). The number of hydrogen-bond donors (Lipinski definition) is 1. The van der Waals surface area contributed by atoms with E-state index in [-0.39, 0.29) is 18.4 Å². The summed E-state index contributed by atoms with van der Waals surface area (Å²) in [6.45, 7) is 4.40. The maximum Gasteiger partial charge on any atom is 0.218 e. The molecule has 0 saturated heterocycles. The van der Waals surface area contributed by atoms with Crippen LogP contribution in [0.3, 0.4) is 0 Å². The third-order valence-electron chi connectivity index (χ3n) is 3.12. The van der Waals surface area contributed by atoms with Crippen LogP contribution in [0.4, 0.5) is 0 Å². The summed E-state index contributed by atoms with van der Waals surface area (Å²) in [6, 6.07) is 6.75. The highest BCUT2D eigenvalue weighted by Crippen LogP contribution is 2.15. The monoisotopic (exact) mass is 301 g/mol. The second-order valence-electron chi connectivity index (χ2n) is 4.74. The molecule has 1 N–H and O–H groups in total. The van der Waals surface area contributed by atoms with E-state index in [4.69, 9.17) is 9.84 Å². The fourth-order valence-electron chi connectivity index (χ4n) is 2.14. The van der Waals surface area contributed by atoms with E-state index in [0.717, 1.165) is 5.56 Å². The van der Waals surface area contributed by atoms with Crippen molar-refractivity contribution < 1.29 is 18.3 Å². The highest BCUT2D eigenvalue weighted by Gasteiger charge is 2.25. The molecule has 0 saturated carbocycles. The molecule has 0 radical (unpaired) electrons. The smallest absolute Gasteiger partial charge is 0.218 e. The number of nitrogens with zero attached hydrogens (tertiary/aromatic N) is 1. The first-order valence-electron chi connectivity index (χ1n) is 6.61. The number of aliphatic hydroxyl groups is 1. The third-order valence-corrected chi connectivity index (χ3v) is 5.15. The van der Waals surface area contributed by atoms with Crippen LogP contribution in [-0.2, 0) is 27.1 Å². The van der Waals surface area contributed by atoms with Gasteiger partial charge >= 0.3 is 0 Å². The van der Waals surface area contributed by atoms with Gasteiger partial charge in [0, 0.05) is 19.7 Å². The van der Waals surface area contributed by atoms with Crippen molar-refractivity contribution in [1.82, 2.24) is 4.31 Å². The van der Waals surface area contributed by atoms with Crippen LogP contribution in [0.25, 0.3) is 0 Å². The number of hydrogen-bond acceptors (Lipinski definition) is 4. The maximum atomic E-state index is 12.4. The Morgan fingerprint density at radius 3 is 2.25 bits per heavy atom. The number of sulfonamides is 1. The van der Waals surface area contributed by atoms with Crippen molar-refractivity contribution in [3.63, 3.8) is 0 Å². The second-order valence-corrected chi connectivity index (χ2v) is 6.66. The van der Waals surface area contributed by atoms with Gasteiger partial charge in [-0.05, 0) is 18.1 Å². The van der Waals surface area contributed by atoms with Crippen LogP contribution in [0.5, 0.6) is 0 Å². The number of aliphatic hydroxyl groups excluding tert-OH is 1. The molecule has 0 aliphatic carbocycles. The Morgan fingerprint density at radius 2 is 1.80 bits per heavy atom. The summed E-state index contributed by atoms with van der Waals surface area (Å²) in [6.07, 6.45) is 0. The molecule has 1 aromatic rings. The number of likely N-dealkylation sites (N-methyl/N-ethyl adjacent to an activating group) is 1. The summed E-state index contributed by atoms with van der Waals surface area (Å²) in [7, 11) is -1.82. The fourth-order valence-corrected chi connectivity index (χ4v) is 3.92. The van der Waals surface area contributed by atoms with Crippen LogP contribution in [0.15, 0.2) is 24.3 Å². The molecule has 0 spiro atoms. The van der Waals surface area contributed by atoms with Gasteiger partial charge in [0.05, 0.1) is 19.0 Å². The summed E-state index contributed by atoms with van der Waals surface area (Å²) < 4.78 is 31.3. The van der Waals surface area contributed by atoms with E-state index in [0.29, 0.717) is 18.7 Å². The lowest BCUT2D eigenvalue weighted by molar-refractivity contribution is 0.142. The van der Waals surface area contributed by atoms with Crippen molar-refractivity contribution in [3.05, 3.63) is 35.4 Å². The molecule has 5 nitrogen and oxygen atoms in total. The van der Waals surface area contributed by atoms with Gasteiger partial charge < -0.3 is 9.84 Å². The lowest BCUT2D eigenvalue weighted by Crippen LogP contribution is -2.41. The van der Waals surface area contributed by atoms with Crippen LogP contribution in [-0.4, -0.2) is 44.1 Å². The molecule has 1 aromatic carbocycles. The summed E-state index contributed by atoms with van der Waals surface area (Å²) >= 11 is 0. The molecule has 1 unspecified atom stereocenters. The van der Waals surface area contributed by atoms with E-state index in [2.05, 4.69) is 0 Å². The van der Waals surface area contributed by atoms with Gasteiger partial charge in [0.15, 0.2) is 0 Å². The van der Waals surface area contributed by atoms with Gasteiger partial charge in [-0.2, -0.15) is 4.31 Å². The molecule has 0 bridgehead atoms. The van der Waals surface area contributed by atoms with Crippen molar-refractivity contribution in [1.29, 1.82) is 0 Å². The van der Waals surface area contributed by atoms with Crippen molar-refractivity contribution in [2.75, 3.05) is 20.3 Å². The minimum atomic E-state index is -3.38. The van der Waals surface area contributed by atoms with Crippen LogP contribution < -0.4 is 0 Å². The first kappa shape index (κ1) is 17.1. The summed E-state index contributed by atoms with van der Waals surface area (Å²) in [4.78, 5) is 0. The largest absolute Gasteiger partial charge is 0.392 e. The van der Waals surface area contributed by atoms with Crippen LogP contribution >= 0.6 is 0 Å². The molecule has 0 fully saturated rings.